The summed E-state index contributed by atoms with van der Waals surface area (Å²) in [4.78, 5) is 0. The highest BCUT2D eigenvalue weighted by Crippen LogP contribution is 2.22. The third-order valence-corrected chi connectivity index (χ3v) is 3.56. The lowest BCUT2D eigenvalue weighted by atomic mass is 10.3. The van der Waals surface area contributed by atoms with E-state index in [-0.39, 0.29) is 0 Å². The molecule has 0 N–H and O–H groups in total. The highest BCUT2D eigenvalue weighted by atomic mass is 31.1. The molecule has 0 spiro atoms. The van der Waals surface area contributed by atoms with E-state index in [2.05, 4.69) is 13.8 Å². The first-order valence-corrected chi connectivity index (χ1v) is 6.15. The molecule has 62 valence electrons. The van der Waals surface area contributed by atoms with Gasteiger partial charge in [-0.25, -0.2) is 0 Å². The highest BCUT2D eigenvalue weighted by Gasteiger charge is 1.95. The lowest BCUT2D eigenvalue weighted by molar-refractivity contribution is 0.584. The maximum absolute atomic E-state index is 11.1. The molecule has 0 aliphatic carbocycles. The van der Waals surface area contributed by atoms with Crippen molar-refractivity contribution in [3.63, 3.8) is 0 Å². The van der Waals surface area contributed by atoms with Crippen LogP contribution in [0.3, 0.4) is 0 Å². The van der Waals surface area contributed by atoms with Crippen LogP contribution < -0.4 is 0 Å². The molecule has 0 heterocycles. The highest BCUT2D eigenvalue weighted by molar-refractivity contribution is 7.44. The van der Waals surface area contributed by atoms with E-state index in [0.29, 0.717) is 0 Å². The van der Waals surface area contributed by atoms with Crippen molar-refractivity contribution < 1.29 is 4.57 Å². The minimum Gasteiger partial charge on any atom is -0.327 e. The summed E-state index contributed by atoms with van der Waals surface area (Å²) in [6.45, 7) is 4.28. The Bertz CT molecular complexity index is 91.3. The SMILES string of the molecule is CCCCC[PH](=O)CCC. The largest absolute Gasteiger partial charge is 0.327 e. The van der Waals surface area contributed by atoms with Crippen molar-refractivity contribution in [2.45, 2.75) is 39.5 Å². The summed E-state index contributed by atoms with van der Waals surface area (Å²) in [6.07, 6.45) is 6.71. The summed E-state index contributed by atoms with van der Waals surface area (Å²) in [6, 6.07) is 0. The molecule has 0 aromatic heterocycles. The van der Waals surface area contributed by atoms with Gasteiger partial charge < -0.3 is 4.57 Å². The molecule has 1 unspecified atom stereocenters. The molecule has 0 aliphatic heterocycles. The Kier molecular flexibility index (Phi) is 7.51. The number of hydrogen-bond donors (Lipinski definition) is 0. The second-order valence-electron chi connectivity index (χ2n) is 2.75. The Hall–Kier alpha value is 0.230. The van der Waals surface area contributed by atoms with Gasteiger partial charge in [-0.3, -0.25) is 0 Å². The average Bonchev–Trinajstić information content (AvgIpc) is 1.89. The van der Waals surface area contributed by atoms with Crippen LogP contribution in [-0.4, -0.2) is 12.3 Å². The fourth-order valence-corrected chi connectivity index (χ4v) is 2.43. The van der Waals surface area contributed by atoms with Crippen LogP contribution in [-0.2, 0) is 4.57 Å². The van der Waals surface area contributed by atoms with E-state index in [1.54, 1.807) is 0 Å². The molecule has 0 aromatic rings. The first-order valence-electron chi connectivity index (χ1n) is 4.33. The normalized spacial score (nSPS) is 13.4. The zero-order valence-electron chi connectivity index (χ0n) is 7.15. The number of unbranched alkanes of at least 4 members (excludes halogenated alkanes) is 2. The van der Waals surface area contributed by atoms with Gasteiger partial charge in [-0.05, 0) is 25.2 Å². The van der Waals surface area contributed by atoms with E-state index >= 15 is 0 Å². The van der Waals surface area contributed by atoms with Crippen LogP contribution in [0.2, 0.25) is 0 Å². The summed E-state index contributed by atoms with van der Waals surface area (Å²) in [5, 5.41) is 0. The molecule has 0 amide bonds. The number of hydrogen-bond acceptors (Lipinski definition) is 1. The quantitative estimate of drug-likeness (QED) is 0.433. The minimum absolute atomic E-state index is 0.967. The summed E-state index contributed by atoms with van der Waals surface area (Å²) >= 11 is 0. The molecule has 0 aromatic carbocycles. The molecule has 0 radical (unpaired) electrons. The first-order chi connectivity index (χ1) is 4.81. The predicted molar refractivity (Wildman–Crippen MR) is 48.6 cm³/mol. The van der Waals surface area contributed by atoms with Crippen molar-refractivity contribution in [2.24, 2.45) is 0 Å². The van der Waals surface area contributed by atoms with Crippen molar-refractivity contribution in [3.8, 4) is 0 Å². The van der Waals surface area contributed by atoms with Gasteiger partial charge in [0, 0.05) is 0 Å². The third-order valence-electron chi connectivity index (χ3n) is 1.59. The van der Waals surface area contributed by atoms with Gasteiger partial charge in [-0.1, -0.05) is 26.7 Å². The molecule has 0 saturated heterocycles. The molecule has 0 saturated carbocycles. The molecule has 0 bridgehead atoms. The van der Waals surface area contributed by atoms with Crippen LogP contribution in [0.1, 0.15) is 39.5 Å². The summed E-state index contributed by atoms with van der Waals surface area (Å²) in [5.74, 6) is 0. The Morgan fingerprint density at radius 2 is 1.70 bits per heavy atom. The van der Waals surface area contributed by atoms with E-state index < -0.39 is 7.80 Å². The van der Waals surface area contributed by atoms with Crippen molar-refractivity contribution >= 4 is 7.80 Å². The maximum atomic E-state index is 11.1. The monoisotopic (exact) mass is 162 g/mol. The lowest BCUT2D eigenvalue weighted by Crippen LogP contribution is -1.82. The molecule has 0 rings (SSSR count). The van der Waals surface area contributed by atoms with Crippen LogP contribution >= 0.6 is 7.80 Å². The Morgan fingerprint density at radius 1 is 1.00 bits per heavy atom. The van der Waals surface area contributed by atoms with Gasteiger partial charge in [-0.2, -0.15) is 0 Å². The van der Waals surface area contributed by atoms with Crippen LogP contribution in [0.25, 0.3) is 0 Å². The molecule has 1 nitrogen and oxygen atoms in total. The van der Waals surface area contributed by atoms with Gasteiger partial charge in [0.05, 0.1) is 7.80 Å². The van der Waals surface area contributed by atoms with Crippen LogP contribution in [0.4, 0.5) is 0 Å². The molecule has 0 aliphatic rings. The molecule has 10 heavy (non-hydrogen) atoms. The lowest BCUT2D eigenvalue weighted by Gasteiger charge is -1.97. The summed E-state index contributed by atoms with van der Waals surface area (Å²) in [7, 11) is -1.16. The second kappa shape index (κ2) is 7.34. The van der Waals surface area contributed by atoms with E-state index in [1.807, 2.05) is 0 Å². The zero-order chi connectivity index (χ0) is 7.82. The van der Waals surface area contributed by atoms with E-state index in [1.165, 1.54) is 19.3 Å². The summed E-state index contributed by atoms with van der Waals surface area (Å²) in [5.41, 5.74) is 0. The minimum atomic E-state index is -1.16. The van der Waals surface area contributed by atoms with Gasteiger partial charge in [0.1, 0.15) is 0 Å². The van der Waals surface area contributed by atoms with Crippen molar-refractivity contribution in [1.82, 2.24) is 0 Å². The van der Waals surface area contributed by atoms with Crippen molar-refractivity contribution in [3.05, 3.63) is 0 Å². The predicted octanol–water partition coefficient (Wildman–Crippen LogP) is 3.15. The Balaban J connectivity index is 3.05. The summed E-state index contributed by atoms with van der Waals surface area (Å²) < 4.78 is 11.1. The maximum Gasteiger partial charge on any atom is 0.0762 e. The van der Waals surface area contributed by atoms with Gasteiger partial charge in [0.2, 0.25) is 0 Å². The van der Waals surface area contributed by atoms with Crippen LogP contribution in [0, 0.1) is 0 Å². The Morgan fingerprint density at radius 3 is 2.20 bits per heavy atom. The molecule has 0 fully saturated rings. The van der Waals surface area contributed by atoms with Gasteiger partial charge >= 0.3 is 0 Å². The first kappa shape index (κ1) is 10.2. The average molecular weight is 162 g/mol. The molecule has 2 heteroatoms. The molecular formula is C8H19OP. The van der Waals surface area contributed by atoms with Crippen molar-refractivity contribution in [1.29, 1.82) is 0 Å². The van der Waals surface area contributed by atoms with Crippen LogP contribution in [0.5, 0.6) is 0 Å². The van der Waals surface area contributed by atoms with Gasteiger partial charge in [-0.15, -0.1) is 0 Å². The topological polar surface area (TPSA) is 17.1 Å². The third kappa shape index (κ3) is 6.35. The second-order valence-corrected chi connectivity index (χ2v) is 4.82. The molecule has 1 atom stereocenters. The van der Waals surface area contributed by atoms with E-state index in [9.17, 15) is 4.57 Å². The van der Waals surface area contributed by atoms with Gasteiger partial charge in [0.15, 0.2) is 0 Å². The smallest absolute Gasteiger partial charge is 0.0762 e. The standard InChI is InChI=1S/C8H19OP/c1-3-5-6-8-10(9)7-4-2/h10H,3-8H2,1-2H3. The van der Waals surface area contributed by atoms with Crippen LogP contribution in [0.15, 0.2) is 0 Å². The fourth-order valence-electron chi connectivity index (χ4n) is 0.976. The van der Waals surface area contributed by atoms with E-state index in [4.69, 9.17) is 0 Å². The fraction of sp³-hybridized carbons (Fsp3) is 1.00. The van der Waals surface area contributed by atoms with Gasteiger partial charge in [0.25, 0.3) is 0 Å². The zero-order valence-corrected chi connectivity index (χ0v) is 8.15. The Labute approximate surface area is 65.0 Å². The van der Waals surface area contributed by atoms with Crippen molar-refractivity contribution in [2.75, 3.05) is 12.3 Å². The number of rotatable bonds is 6. The molecular weight excluding hydrogens is 143 g/mol. The van der Waals surface area contributed by atoms with E-state index in [0.717, 1.165) is 18.7 Å².